The largest absolute Gasteiger partial charge is 0.416 e. The van der Waals surface area contributed by atoms with Crippen LogP contribution < -0.4 is 5.73 Å². The van der Waals surface area contributed by atoms with Crippen molar-refractivity contribution < 1.29 is 18.0 Å². The van der Waals surface area contributed by atoms with Crippen molar-refractivity contribution >= 4 is 5.78 Å². The van der Waals surface area contributed by atoms with E-state index in [2.05, 4.69) is 0 Å². The van der Waals surface area contributed by atoms with Crippen molar-refractivity contribution in [1.29, 1.82) is 0 Å². The average Bonchev–Trinajstić information content (AvgIpc) is 2.27. The monoisotopic (exact) mass is 245 g/mol. The van der Waals surface area contributed by atoms with Crippen LogP contribution in [0.3, 0.4) is 0 Å². The molecule has 1 unspecified atom stereocenters. The highest BCUT2D eigenvalue weighted by molar-refractivity contribution is 5.99. The molecule has 94 valence electrons. The second kappa shape index (κ2) is 5.31. The van der Waals surface area contributed by atoms with Crippen LogP contribution in [0.4, 0.5) is 13.2 Å². The topological polar surface area (TPSA) is 43.1 Å². The summed E-state index contributed by atoms with van der Waals surface area (Å²) in [5.41, 5.74) is 5.07. The summed E-state index contributed by atoms with van der Waals surface area (Å²) in [6, 6.07) is 3.48. The van der Waals surface area contributed by atoms with Gasteiger partial charge in [-0.2, -0.15) is 13.2 Å². The summed E-state index contributed by atoms with van der Waals surface area (Å²) in [6.45, 7) is 1.89. The molecule has 0 bridgehead atoms. The maximum atomic E-state index is 12.3. The maximum Gasteiger partial charge on any atom is 0.416 e. The Kier molecular flexibility index (Phi) is 4.28. The summed E-state index contributed by atoms with van der Waals surface area (Å²) >= 11 is 0. The van der Waals surface area contributed by atoms with Crippen molar-refractivity contribution in [3.05, 3.63) is 35.4 Å². The zero-order valence-electron chi connectivity index (χ0n) is 9.42. The Bertz CT molecular complexity index is 384. The third-order valence-corrected chi connectivity index (χ3v) is 2.43. The molecule has 0 radical (unpaired) electrons. The normalized spacial score (nSPS) is 13.5. The van der Waals surface area contributed by atoms with E-state index in [-0.39, 0.29) is 11.3 Å². The molecule has 0 aliphatic rings. The molecule has 1 aromatic carbocycles. The number of rotatable bonds is 4. The molecule has 0 aromatic heterocycles. The van der Waals surface area contributed by atoms with Crippen LogP contribution in [0.15, 0.2) is 24.3 Å². The number of benzene rings is 1. The van der Waals surface area contributed by atoms with Crippen molar-refractivity contribution in [3.8, 4) is 0 Å². The fourth-order valence-corrected chi connectivity index (χ4v) is 1.48. The molecule has 17 heavy (non-hydrogen) atoms. The first-order valence-electron chi connectivity index (χ1n) is 5.33. The van der Waals surface area contributed by atoms with E-state index in [9.17, 15) is 18.0 Å². The van der Waals surface area contributed by atoms with Gasteiger partial charge in [0.05, 0.1) is 11.6 Å². The Morgan fingerprint density at radius 2 is 1.82 bits per heavy atom. The highest BCUT2D eigenvalue weighted by atomic mass is 19.4. The van der Waals surface area contributed by atoms with Crippen LogP contribution in [0.25, 0.3) is 0 Å². The lowest BCUT2D eigenvalue weighted by atomic mass is 10.0. The molecule has 0 spiro atoms. The van der Waals surface area contributed by atoms with Gasteiger partial charge in [-0.25, -0.2) is 0 Å². The van der Waals surface area contributed by atoms with Crippen LogP contribution >= 0.6 is 0 Å². The van der Waals surface area contributed by atoms with E-state index in [0.717, 1.165) is 18.6 Å². The molecule has 0 aliphatic heterocycles. The van der Waals surface area contributed by atoms with Gasteiger partial charge < -0.3 is 5.73 Å². The summed E-state index contributed by atoms with van der Waals surface area (Å²) in [6.07, 6.45) is -3.10. The molecule has 5 heteroatoms. The van der Waals surface area contributed by atoms with Gasteiger partial charge in [-0.3, -0.25) is 4.79 Å². The average molecular weight is 245 g/mol. The van der Waals surface area contributed by atoms with Crippen LogP contribution in [0.1, 0.15) is 35.7 Å². The molecule has 0 fully saturated rings. The standard InChI is InChI=1S/C12H14F3NO/c1-2-3-10(16)11(17)8-4-6-9(7-5-8)12(13,14)15/h4-7,10H,2-3,16H2,1H3. The van der Waals surface area contributed by atoms with Crippen molar-refractivity contribution in [2.24, 2.45) is 5.73 Å². The summed E-state index contributed by atoms with van der Waals surface area (Å²) in [4.78, 5) is 11.7. The zero-order valence-corrected chi connectivity index (χ0v) is 9.42. The van der Waals surface area contributed by atoms with Gasteiger partial charge in [0, 0.05) is 5.56 Å². The van der Waals surface area contributed by atoms with Gasteiger partial charge in [-0.1, -0.05) is 25.5 Å². The third kappa shape index (κ3) is 3.56. The maximum absolute atomic E-state index is 12.3. The molecule has 0 heterocycles. The lowest BCUT2D eigenvalue weighted by Crippen LogP contribution is -2.30. The number of ketones is 1. The molecule has 0 aliphatic carbocycles. The number of nitrogens with two attached hydrogens (primary N) is 1. The lowest BCUT2D eigenvalue weighted by molar-refractivity contribution is -0.137. The van der Waals surface area contributed by atoms with Crippen molar-refractivity contribution in [3.63, 3.8) is 0 Å². The Balaban J connectivity index is 2.84. The summed E-state index contributed by atoms with van der Waals surface area (Å²) < 4.78 is 36.9. The van der Waals surface area contributed by atoms with Crippen LogP contribution in [0.5, 0.6) is 0 Å². The Hall–Kier alpha value is -1.36. The number of carbonyl (C=O) groups excluding carboxylic acids is 1. The number of alkyl halides is 3. The second-order valence-corrected chi connectivity index (χ2v) is 3.83. The van der Waals surface area contributed by atoms with Crippen molar-refractivity contribution in [1.82, 2.24) is 0 Å². The lowest BCUT2D eigenvalue weighted by Gasteiger charge is -2.10. The van der Waals surface area contributed by atoms with E-state index < -0.39 is 17.8 Å². The minimum atomic E-state index is -4.38. The van der Waals surface area contributed by atoms with Crippen molar-refractivity contribution in [2.75, 3.05) is 0 Å². The number of hydrogen-bond donors (Lipinski definition) is 1. The van der Waals surface area contributed by atoms with E-state index in [4.69, 9.17) is 5.73 Å². The van der Waals surface area contributed by atoms with Crippen molar-refractivity contribution in [2.45, 2.75) is 32.0 Å². The molecule has 1 atom stereocenters. The van der Waals surface area contributed by atoms with Crippen LogP contribution in [0.2, 0.25) is 0 Å². The minimum absolute atomic E-state index is 0.221. The van der Waals surface area contributed by atoms with Gasteiger partial charge in [-0.05, 0) is 18.6 Å². The first kappa shape index (κ1) is 13.7. The first-order chi connectivity index (χ1) is 7.86. The minimum Gasteiger partial charge on any atom is -0.321 e. The van der Waals surface area contributed by atoms with Gasteiger partial charge in [0.2, 0.25) is 0 Å². The number of halogens is 3. The molecule has 0 saturated heterocycles. The number of hydrogen-bond acceptors (Lipinski definition) is 2. The molecule has 0 amide bonds. The molecular formula is C12H14F3NO. The molecule has 1 aromatic rings. The number of Topliss-reactive ketones (excluding diaryl/α,β-unsaturated/α-hetero) is 1. The molecule has 2 nitrogen and oxygen atoms in total. The van der Waals surface area contributed by atoms with E-state index in [1.165, 1.54) is 12.1 Å². The fourth-order valence-electron chi connectivity index (χ4n) is 1.48. The Morgan fingerprint density at radius 1 is 1.29 bits per heavy atom. The van der Waals surface area contributed by atoms with Gasteiger partial charge in [0.25, 0.3) is 0 Å². The van der Waals surface area contributed by atoms with E-state index in [0.29, 0.717) is 6.42 Å². The SMILES string of the molecule is CCCC(N)C(=O)c1ccc(C(F)(F)F)cc1. The van der Waals surface area contributed by atoms with Crippen LogP contribution in [-0.4, -0.2) is 11.8 Å². The van der Waals surface area contributed by atoms with Gasteiger partial charge in [0.15, 0.2) is 5.78 Å². The second-order valence-electron chi connectivity index (χ2n) is 3.83. The quantitative estimate of drug-likeness (QED) is 0.828. The van der Waals surface area contributed by atoms with Gasteiger partial charge in [0.1, 0.15) is 0 Å². The summed E-state index contributed by atoms with van der Waals surface area (Å²) in [5.74, 6) is -0.319. The Morgan fingerprint density at radius 3 is 2.24 bits per heavy atom. The predicted octanol–water partition coefficient (Wildman–Crippen LogP) is 3.02. The molecule has 1 rings (SSSR count). The van der Waals surface area contributed by atoms with Gasteiger partial charge >= 0.3 is 6.18 Å². The first-order valence-corrected chi connectivity index (χ1v) is 5.33. The third-order valence-electron chi connectivity index (χ3n) is 2.43. The van der Waals surface area contributed by atoms with Crippen LogP contribution in [0, 0.1) is 0 Å². The fraction of sp³-hybridized carbons (Fsp3) is 0.417. The van der Waals surface area contributed by atoms with E-state index >= 15 is 0 Å². The zero-order chi connectivity index (χ0) is 13.1. The number of carbonyl (C=O) groups is 1. The molecule has 2 N–H and O–H groups in total. The van der Waals surface area contributed by atoms with E-state index in [1.807, 2.05) is 6.92 Å². The highest BCUT2D eigenvalue weighted by Crippen LogP contribution is 2.29. The predicted molar refractivity (Wildman–Crippen MR) is 58.7 cm³/mol. The molecule has 0 saturated carbocycles. The molecular weight excluding hydrogens is 231 g/mol. The smallest absolute Gasteiger partial charge is 0.321 e. The summed E-state index contributed by atoms with van der Waals surface area (Å²) in [5, 5.41) is 0. The Labute approximate surface area is 97.6 Å². The summed E-state index contributed by atoms with van der Waals surface area (Å²) in [7, 11) is 0. The van der Waals surface area contributed by atoms with Crippen LogP contribution in [-0.2, 0) is 6.18 Å². The van der Waals surface area contributed by atoms with Gasteiger partial charge in [-0.15, -0.1) is 0 Å². The van der Waals surface area contributed by atoms with E-state index in [1.54, 1.807) is 0 Å². The highest BCUT2D eigenvalue weighted by Gasteiger charge is 2.30.